The summed E-state index contributed by atoms with van der Waals surface area (Å²) in [6, 6.07) is 75.3. The summed E-state index contributed by atoms with van der Waals surface area (Å²) in [6.45, 7) is 0. The minimum atomic E-state index is -1.83. The molecule has 0 N–H and O–H groups in total. The van der Waals surface area contributed by atoms with Crippen molar-refractivity contribution in [3.05, 3.63) is 217 Å². The van der Waals surface area contributed by atoms with E-state index >= 15 is 0 Å². The van der Waals surface area contributed by atoms with Gasteiger partial charge in [0.15, 0.2) is 0 Å². The molecule has 3 heterocycles. The van der Waals surface area contributed by atoms with Crippen LogP contribution in [0, 0.1) is 10.7 Å². The summed E-state index contributed by atoms with van der Waals surface area (Å²) in [5, 5.41) is 2.28. The molecule has 0 spiro atoms. The zero-order valence-corrected chi connectivity index (χ0v) is 33.2. The molecule has 56 heavy (non-hydrogen) atoms. The predicted molar refractivity (Wildman–Crippen MR) is 245 cm³/mol. The number of nitrogens with zero attached hydrogens (tertiary/aromatic N) is 1. The Morgan fingerprint density at radius 2 is 0.964 bits per heavy atom. The number of benzene rings is 8. The van der Waals surface area contributed by atoms with E-state index in [9.17, 15) is 0 Å². The molecule has 0 aliphatic carbocycles. The van der Waals surface area contributed by atoms with Gasteiger partial charge in [0.25, 0.3) is 0 Å². The molecule has 1 aliphatic heterocycles. The first-order chi connectivity index (χ1) is 27.8. The van der Waals surface area contributed by atoms with E-state index in [1.165, 1.54) is 42.7 Å². The van der Waals surface area contributed by atoms with Crippen molar-refractivity contribution in [2.75, 3.05) is 4.90 Å². The average Bonchev–Trinajstić information content (AvgIpc) is 4.00. The van der Waals surface area contributed by atoms with E-state index in [1.807, 2.05) is 23.5 Å². The molecule has 11 rings (SSSR count). The molecule has 2 nitrogen and oxygen atoms in total. The SMILES string of the molecule is c1ccc(-c2ccc(-c3ccc(N(c4ccc(-c5cccc6c5oc5ccccc56)cc4)c4ccc5c(c4)-c4ccccc4I5c4ccccc4)cc3)s2)cc1. The zero-order valence-electron chi connectivity index (χ0n) is 30.3. The number of rotatable bonds is 7. The third-order valence-corrected chi connectivity index (χ3v) is 18.0. The second-order valence-electron chi connectivity index (χ2n) is 14.0. The Bertz CT molecular complexity index is 3020. The summed E-state index contributed by atoms with van der Waals surface area (Å²) in [5.41, 5.74) is 12.6. The van der Waals surface area contributed by atoms with Crippen molar-refractivity contribution in [3.8, 4) is 43.1 Å². The maximum absolute atomic E-state index is 6.43. The van der Waals surface area contributed by atoms with Gasteiger partial charge in [-0.3, -0.25) is 0 Å². The molecule has 0 saturated carbocycles. The van der Waals surface area contributed by atoms with Crippen molar-refractivity contribution in [1.82, 2.24) is 0 Å². The van der Waals surface area contributed by atoms with Crippen LogP contribution in [0.4, 0.5) is 17.1 Å². The van der Waals surface area contributed by atoms with Crippen LogP contribution in [0.2, 0.25) is 0 Å². The maximum atomic E-state index is 6.43. The number of thiophene rings is 1. The van der Waals surface area contributed by atoms with Crippen molar-refractivity contribution in [2.45, 2.75) is 0 Å². The third kappa shape index (κ3) is 5.67. The van der Waals surface area contributed by atoms with Gasteiger partial charge in [0.05, 0.1) is 0 Å². The first-order valence-corrected chi connectivity index (χ1v) is 22.9. The van der Waals surface area contributed by atoms with Crippen LogP contribution in [0.25, 0.3) is 65.1 Å². The smallest absolute Gasteiger partial charge is 0.0536 e. The number of furan rings is 1. The standard InChI is InChI=1S/C52H34INOS/c1-3-12-36(13-4-1)50-32-33-51(56-50)37-24-28-40(29-25-37)54(39-26-22-35(23-27-39)42-18-11-19-45-44-17-8-10-21-49(44)55-52(42)45)41-30-31-48-46(34-41)43-16-7-9-20-47(43)53(48)38-14-5-2-6-15-38/h1-34H. The van der Waals surface area contributed by atoms with Crippen LogP contribution < -0.4 is 4.90 Å². The van der Waals surface area contributed by atoms with E-state index in [1.54, 1.807) is 0 Å². The van der Waals surface area contributed by atoms with Crippen molar-refractivity contribution in [3.63, 3.8) is 0 Å². The number of hydrogen-bond donors (Lipinski definition) is 0. The molecular weight excluding hydrogens is 814 g/mol. The van der Waals surface area contributed by atoms with Crippen molar-refractivity contribution in [2.24, 2.45) is 0 Å². The predicted octanol–water partition coefficient (Wildman–Crippen LogP) is 15.5. The number of hydrogen-bond acceptors (Lipinski definition) is 3. The van der Waals surface area contributed by atoms with E-state index in [-0.39, 0.29) is 0 Å². The largest absolute Gasteiger partial charge is 0.0616 e. The van der Waals surface area contributed by atoms with Crippen LogP contribution in [-0.2, 0) is 0 Å². The molecule has 4 heteroatoms. The summed E-state index contributed by atoms with van der Waals surface area (Å²) in [6.07, 6.45) is 0. The quantitative estimate of drug-likeness (QED) is 0.149. The second kappa shape index (κ2) is 13.8. The van der Waals surface area contributed by atoms with Gasteiger partial charge in [-0.05, 0) is 11.6 Å². The van der Waals surface area contributed by atoms with Gasteiger partial charge < -0.3 is 0 Å². The summed E-state index contributed by atoms with van der Waals surface area (Å²) in [5.74, 6) is 0. The molecule has 0 amide bonds. The molecule has 0 unspecified atom stereocenters. The Kier molecular flexibility index (Phi) is 8.18. The minimum absolute atomic E-state index is 0.913. The Labute approximate surface area is 337 Å². The number of halogens is 1. The normalized spacial score (nSPS) is 12.5. The van der Waals surface area contributed by atoms with E-state index in [0.29, 0.717) is 0 Å². The third-order valence-electron chi connectivity index (χ3n) is 10.6. The number of para-hydroxylation sites is 2. The zero-order chi connectivity index (χ0) is 37.0. The fraction of sp³-hybridized carbons (Fsp3) is 0. The Morgan fingerprint density at radius 3 is 1.73 bits per heavy atom. The van der Waals surface area contributed by atoms with Crippen molar-refractivity contribution in [1.29, 1.82) is 0 Å². The first-order valence-electron chi connectivity index (χ1n) is 18.8. The van der Waals surface area contributed by atoms with Gasteiger partial charge in [-0.15, -0.1) is 0 Å². The average molecular weight is 848 g/mol. The number of fused-ring (bicyclic) bond motifs is 6. The van der Waals surface area contributed by atoms with Crippen LogP contribution in [0.15, 0.2) is 211 Å². The fourth-order valence-electron chi connectivity index (χ4n) is 7.99. The van der Waals surface area contributed by atoms with Gasteiger partial charge >= 0.3 is 262 Å². The Balaban J connectivity index is 1.02. The molecule has 8 aromatic carbocycles. The van der Waals surface area contributed by atoms with Crippen molar-refractivity contribution < 1.29 is 4.42 Å². The molecule has 1 aliphatic rings. The van der Waals surface area contributed by atoms with Crippen molar-refractivity contribution >= 4 is 70.2 Å². The van der Waals surface area contributed by atoms with E-state index in [0.717, 1.165) is 50.1 Å². The molecule has 0 fully saturated rings. The molecule has 0 bridgehead atoms. The molecule has 266 valence electrons. The molecule has 10 aromatic rings. The molecule has 2 aromatic heterocycles. The van der Waals surface area contributed by atoms with E-state index in [4.69, 9.17) is 4.42 Å². The molecule has 0 atom stereocenters. The molecular formula is C52H34INOS. The first kappa shape index (κ1) is 33.2. The molecule has 0 saturated heterocycles. The Hall–Kier alpha value is -6.21. The van der Waals surface area contributed by atoms with E-state index in [2.05, 4.69) is 199 Å². The summed E-state index contributed by atoms with van der Waals surface area (Å²) >= 11 is 0.00796. The van der Waals surface area contributed by atoms with Gasteiger partial charge in [0, 0.05) is 5.39 Å². The maximum Gasteiger partial charge on any atom is -0.0536 e. The van der Waals surface area contributed by atoms with Gasteiger partial charge in [0.2, 0.25) is 0 Å². The van der Waals surface area contributed by atoms with Crippen LogP contribution in [0.1, 0.15) is 0 Å². The van der Waals surface area contributed by atoms with Gasteiger partial charge in [-0.2, -0.15) is 0 Å². The monoisotopic (exact) mass is 847 g/mol. The number of anilines is 3. The summed E-state index contributed by atoms with van der Waals surface area (Å²) in [4.78, 5) is 4.94. The van der Waals surface area contributed by atoms with Crippen LogP contribution in [0.3, 0.4) is 0 Å². The summed E-state index contributed by atoms with van der Waals surface area (Å²) in [7, 11) is 0. The van der Waals surface area contributed by atoms with Gasteiger partial charge in [-0.1, -0.05) is 54.6 Å². The van der Waals surface area contributed by atoms with Crippen LogP contribution >= 0.6 is 31.2 Å². The van der Waals surface area contributed by atoms with Crippen LogP contribution in [0.5, 0.6) is 0 Å². The summed E-state index contributed by atoms with van der Waals surface area (Å²) < 4.78 is 10.9. The topological polar surface area (TPSA) is 16.4 Å². The Morgan fingerprint density at radius 1 is 0.393 bits per heavy atom. The van der Waals surface area contributed by atoms with Gasteiger partial charge in [-0.25, -0.2) is 0 Å². The van der Waals surface area contributed by atoms with E-state index < -0.39 is 19.8 Å². The minimum Gasteiger partial charge on any atom is -0.0616 e. The fourth-order valence-corrected chi connectivity index (χ4v) is 15.3. The van der Waals surface area contributed by atoms with Crippen LogP contribution in [-0.4, -0.2) is 0 Å². The van der Waals surface area contributed by atoms with Gasteiger partial charge in [0.1, 0.15) is 5.58 Å². The molecule has 0 radical (unpaired) electrons. The second-order valence-corrected chi connectivity index (χ2v) is 20.2.